The molecule has 99 valence electrons. The summed E-state index contributed by atoms with van der Waals surface area (Å²) in [6.45, 7) is 2.81. The molecule has 0 aliphatic heterocycles. The molecule has 0 N–H and O–H groups in total. The largest absolute Gasteiger partial charge is 0.408 e. The molecule has 0 heterocycles. The van der Waals surface area contributed by atoms with Crippen LogP contribution in [0.1, 0.15) is 6.92 Å². The van der Waals surface area contributed by atoms with Crippen LogP contribution >= 0.6 is 0 Å². The molecule has 0 saturated carbocycles. The molecule has 0 aliphatic carbocycles. The molecule has 20 heavy (non-hydrogen) atoms. The van der Waals surface area contributed by atoms with Crippen LogP contribution in [0, 0.1) is 0 Å². The molecular weight excluding hydrogens is 260 g/mol. The van der Waals surface area contributed by atoms with Gasteiger partial charge in [-0.2, -0.15) is 0 Å². The van der Waals surface area contributed by atoms with Crippen LogP contribution in [0.2, 0.25) is 0 Å². The average molecular weight is 277 g/mol. The van der Waals surface area contributed by atoms with Crippen molar-refractivity contribution in [3.63, 3.8) is 0 Å². The van der Waals surface area contributed by atoms with Crippen LogP contribution in [0.5, 0.6) is 0 Å². The van der Waals surface area contributed by atoms with Gasteiger partial charge in [0.1, 0.15) is 0 Å². The van der Waals surface area contributed by atoms with E-state index in [0.29, 0.717) is 0 Å². The van der Waals surface area contributed by atoms with Crippen LogP contribution < -0.4 is 10.4 Å². The predicted molar refractivity (Wildman–Crippen MR) is 87.0 cm³/mol. The van der Waals surface area contributed by atoms with Gasteiger partial charge in [0, 0.05) is 6.61 Å². The lowest BCUT2D eigenvalue weighted by Crippen LogP contribution is -2.45. The van der Waals surface area contributed by atoms with Crippen molar-refractivity contribution in [1.82, 2.24) is 0 Å². The predicted octanol–water partition coefficient (Wildman–Crippen LogP) is 2.98. The van der Waals surface area contributed by atoms with Crippen molar-refractivity contribution in [3.8, 4) is 0 Å². The molecule has 0 amide bonds. The number of rotatable bonds is 4. The van der Waals surface area contributed by atoms with Crippen molar-refractivity contribution < 1.29 is 4.43 Å². The van der Waals surface area contributed by atoms with Crippen LogP contribution in [0.3, 0.4) is 0 Å². The lowest BCUT2D eigenvalue weighted by Gasteiger charge is -2.17. The van der Waals surface area contributed by atoms with E-state index in [2.05, 4.69) is 79.7 Å². The second kappa shape index (κ2) is 6.03. The topological polar surface area (TPSA) is 9.23 Å². The lowest BCUT2D eigenvalue weighted by molar-refractivity contribution is 0.358. The second-order valence-electron chi connectivity index (χ2n) is 4.65. The first-order chi connectivity index (χ1) is 9.90. The molecule has 0 fully saturated rings. The highest BCUT2D eigenvalue weighted by molar-refractivity contribution is 6.81. The summed E-state index contributed by atoms with van der Waals surface area (Å²) in [5.74, 6) is 0. The third kappa shape index (κ3) is 2.53. The zero-order chi connectivity index (χ0) is 13.8. The fourth-order valence-corrected chi connectivity index (χ4v) is 4.61. The Kier molecular flexibility index (Phi) is 3.95. The van der Waals surface area contributed by atoms with Gasteiger partial charge in [-0.05, 0) is 28.1 Å². The van der Waals surface area contributed by atoms with E-state index in [1.807, 2.05) is 0 Å². The zero-order valence-electron chi connectivity index (χ0n) is 11.5. The van der Waals surface area contributed by atoms with Crippen molar-refractivity contribution in [2.45, 2.75) is 6.92 Å². The molecular formula is C18H17OSi. The highest BCUT2D eigenvalue weighted by Crippen LogP contribution is 2.12. The standard InChI is InChI=1S/C18H17OSi/c1-2-19-20(16-11-4-3-5-12-16)18-14-8-10-15-9-6-7-13-17(15)18/h3-14H,2H2,1H3. The summed E-state index contributed by atoms with van der Waals surface area (Å²) < 4.78 is 6.12. The van der Waals surface area contributed by atoms with Gasteiger partial charge in [-0.25, -0.2) is 0 Å². The minimum absolute atomic E-state index is 0.742. The van der Waals surface area contributed by atoms with Gasteiger partial charge in [-0.3, -0.25) is 0 Å². The van der Waals surface area contributed by atoms with Crippen LogP contribution in [0.4, 0.5) is 0 Å². The molecule has 0 bridgehead atoms. The third-order valence-electron chi connectivity index (χ3n) is 3.36. The number of fused-ring (bicyclic) bond motifs is 1. The van der Waals surface area contributed by atoms with Crippen molar-refractivity contribution in [3.05, 3.63) is 72.8 Å². The van der Waals surface area contributed by atoms with E-state index in [1.54, 1.807) is 0 Å². The molecule has 3 aromatic rings. The van der Waals surface area contributed by atoms with Gasteiger partial charge in [-0.1, -0.05) is 72.8 Å². The summed E-state index contributed by atoms with van der Waals surface area (Å²) in [6.07, 6.45) is 0. The maximum Gasteiger partial charge on any atom is 0.283 e. The van der Waals surface area contributed by atoms with Gasteiger partial charge < -0.3 is 4.43 Å². The first kappa shape index (κ1) is 13.1. The number of benzene rings is 3. The Morgan fingerprint density at radius 3 is 2.30 bits per heavy atom. The minimum atomic E-state index is -1.18. The quantitative estimate of drug-likeness (QED) is 0.666. The van der Waals surface area contributed by atoms with Gasteiger partial charge in [0.25, 0.3) is 9.04 Å². The van der Waals surface area contributed by atoms with E-state index in [4.69, 9.17) is 4.43 Å². The van der Waals surface area contributed by atoms with Gasteiger partial charge in [0.05, 0.1) is 0 Å². The summed E-state index contributed by atoms with van der Waals surface area (Å²) in [5, 5.41) is 5.22. The van der Waals surface area contributed by atoms with Crippen molar-refractivity contribution >= 4 is 30.2 Å². The monoisotopic (exact) mass is 277 g/mol. The summed E-state index contributed by atoms with van der Waals surface area (Å²) in [6, 6.07) is 25.6. The molecule has 0 atom stereocenters. The van der Waals surface area contributed by atoms with Crippen molar-refractivity contribution in [1.29, 1.82) is 0 Å². The van der Waals surface area contributed by atoms with E-state index < -0.39 is 9.04 Å². The van der Waals surface area contributed by atoms with Crippen LogP contribution in [-0.2, 0) is 4.43 Å². The minimum Gasteiger partial charge on any atom is -0.408 e. The molecule has 3 rings (SSSR count). The molecule has 3 aromatic carbocycles. The smallest absolute Gasteiger partial charge is 0.283 e. The Morgan fingerprint density at radius 2 is 1.50 bits per heavy atom. The molecule has 2 heteroatoms. The Labute approximate surface area is 121 Å². The third-order valence-corrected chi connectivity index (χ3v) is 5.72. The van der Waals surface area contributed by atoms with E-state index in [9.17, 15) is 0 Å². The Morgan fingerprint density at radius 1 is 0.800 bits per heavy atom. The van der Waals surface area contributed by atoms with Gasteiger partial charge in [-0.15, -0.1) is 0 Å². The van der Waals surface area contributed by atoms with E-state index >= 15 is 0 Å². The SMILES string of the molecule is CCO[Si](c1ccccc1)c1cccc2ccccc12. The first-order valence-electron chi connectivity index (χ1n) is 6.93. The summed E-state index contributed by atoms with van der Waals surface area (Å²) in [5.41, 5.74) is 0. The van der Waals surface area contributed by atoms with Gasteiger partial charge in [0.2, 0.25) is 0 Å². The average Bonchev–Trinajstić information content (AvgIpc) is 2.53. The van der Waals surface area contributed by atoms with E-state index in [1.165, 1.54) is 21.1 Å². The zero-order valence-corrected chi connectivity index (χ0v) is 12.5. The van der Waals surface area contributed by atoms with Crippen molar-refractivity contribution in [2.75, 3.05) is 6.61 Å². The molecule has 1 nitrogen and oxygen atoms in total. The Balaban J connectivity index is 2.15. The van der Waals surface area contributed by atoms with Gasteiger partial charge >= 0.3 is 0 Å². The summed E-state index contributed by atoms with van der Waals surface area (Å²) in [4.78, 5) is 0. The fraction of sp³-hybridized carbons (Fsp3) is 0.111. The second-order valence-corrected chi connectivity index (χ2v) is 6.72. The highest BCUT2D eigenvalue weighted by atomic mass is 28.3. The van der Waals surface area contributed by atoms with Crippen LogP contribution in [0.15, 0.2) is 72.8 Å². The van der Waals surface area contributed by atoms with E-state index in [0.717, 1.165) is 6.61 Å². The molecule has 1 radical (unpaired) electrons. The van der Waals surface area contributed by atoms with Gasteiger partial charge in [0.15, 0.2) is 0 Å². The molecule has 0 aliphatic rings. The van der Waals surface area contributed by atoms with Crippen LogP contribution in [-0.4, -0.2) is 15.6 Å². The molecule has 0 spiro atoms. The van der Waals surface area contributed by atoms with E-state index in [-0.39, 0.29) is 0 Å². The van der Waals surface area contributed by atoms with Crippen LogP contribution in [0.25, 0.3) is 10.8 Å². The Bertz CT molecular complexity index is 689. The highest BCUT2D eigenvalue weighted by Gasteiger charge is 2.20. The maximum absolute atomic E-state index is 6.12. The summed E-state index contributed by atoms with van der Waals surface area (Å²) >= 11 is 0. The fourth-order valence-electron chi connectivity index (χ4n) is 2.47. The maximum atomic E-state index is 6.12. The molecule has 0 saturated heterocycles. The summed E-state index contributed by atoms with van der Waals surface area (Å²) in [7, 11) is -1.18. The first-order valence-corrected chi connectivity index (χ1v) is 8.34. The normalized spacial score (nSPS) is 11.1. The molecule has 0 aromatic heterocycles. The van der Waals surface area contributed by atoms with Crippen molar-refractivity contribution in [2.24, 2.45) is 0 Å². The molecule has 0 unspecified atom stereocenters. The number of hydrogen-bond acceptors (Lipinski definition) is 1. The Hall–Kier alpha value is -1.90. The number of hydrogen-bond donors (Lipinski definition) is 0. The lowest BCUT2D eigenvalue weighted by atomic mass is 10.1.